The molecule has 0 fully saturated rings. The molecular weight excluding hydrogens is 216 g/mol. The van der Waals surface area contributed by atoms with E-state index in [4.69, 9.17) is 10.5 Å². The monoisotopic (exact) mass is 236 g/mol. The molecule has 1 rings (SSSR count). The SMILES string of the molecule is CCN(CCN)C(=O)Cc1ccc(OC)cc1. The number of nitrogens with two attached hydrogens (primary N) is 1. The molecule has 0 heterocycles. The number of ether oxygens (including phenoxy) is 1. The van der Waals surface area contributed by atoms with E-state index in [9.17, 15) is 4.79 Å². The van der Waals surface area contributed by atoms with Gasteiger partial charge in [-0.1, -0.05) is 12.1 Å². The predicted octanol–water partition coefficient (Wildman–Crippen LogP) is 1.04. The Morgan fingerprint density at radius 1 is 1.35 bits per heavy atom. The second-order valence-corrected chi connectivity index (χ2v) is 3.79. The van der Waals surface area contributed by atoms with Crippen LogP contribution in [-0.4, -0.2) is 37.6 Å². The quantitative estimate of drug-likeness (QED) is 0.803. The van der Waals surface area contributed by atoms with Gasteiger partial charge in [-0.15, -0.1) is 0 Å². The number of likely N-dealkylation sites (N-methyl/N-ethyl adjacent to an activating group) is 1. The molecule has 0 aromatic heterocycles. The normalized spacial score (nSPS) is 10.1. The minimum atomic E-state index is 0.114. The Bertz CT molecular complexity index is 349. The van der Waals surface area contributed by atoms with Gasteiger partial charge in [0.05, 0.1) is 13.5 Å². The van der Waals surface area contributed by atoms with Gasteiger partial charge in [-0.3, -0.25) is 4.79 Å². The maximum absolute atomic E-state index is 11.9. The standard InChI is InChI=1S/C13H20N2O2/c1-3-15(9-8-14)13(16)10-11-4-6-12(17-2)7-5-11/h4-7H,3,8-10,14H2,1-2H3. The molecular formula is C13H20N2O2. The molecule has 0 spiro atoms. The van der Waals surface area contributed by atoms with Gasteiger partial charge < -0.3 is 15.4 Å². The highest BCUT2D eigenvalue weighted by Gasteiger charge is 2.11. The molecule has 2 N–H and O–H groups in total. The summed E-state index contributed by atoms with van der Waals surface area (Å²) in [4.78, 5) is 13.7. The summed E-state index contributed by atoms with van der Waals surface area (Å²) in [6.45, 7) is 3.78. The first-order chi connectivity index (χ1) is 8.21. The summed E-state index contributed by atoms with van der Waals surface area (Å²) in [5, 5.41) is 0. The largest absolute Gasteiger partial charge is 0.497 e. The van der Waals surface area contributed by atoms with Gasteiger partial charge in [-0.25, -0.2) is 0 Å². The Morgan fingerprint density at radius 2 is 2.00 bits per heavy atom. The van der Waals surface area contributed by atoms with Crippen molar-refractivity contribution in [2.24, 2.45) is 5.73 Å². The summed E-state index contributed by atoms with van der Waals surface area (Å²) in [5.41, 5.74) is 6.46. The summed E-state index contributed by atoms with van der Waals surface area (Å²) < 4.78 is 5.07. The Labute approximate surface area is 102 Å². The van der Waals surface area contributed by atoms with Gasteiger partial charge in [0.15, 0.2) is 0 Å². The Hall–Kier alpha value is -1.55. The molecule has 0 unspecified atom stereocenters. The Morgan fingerprint density at radius 3 is 2.47 bits per heavy atom. The summed E-state index contributed by atoms with van der Waals surface area (Å²) in [7, 11) is 1.63. The summed E-state index contributed by atoms with van der Waals surface area (Å²) in [5.74, 6) is 0.915. The fourth-order valence-electron chi connectivity index (χ4n) is 1.64. The number of methoxy groups -OCH3 is 1. The van der Waals surface area contributed by atoms with Gasteiger partial charge in [-0.05, 0) is 24.6 Å². The molecule has 17 heavy (non-hydrogen) atoms. The highest BCUT2D eigenvalue weighted by Crippen LogP contribution is 2.12. The van der Waals surface area contributed by atoms with Crippen LogP contribution >= 0.6 is 0 Å². The van der Waals surface area contributed by atoms with E-state index in [1.165, 1.54) is 0 Å². The second kappa shape index (κ2) is 6.91. The fourth-order valence-corrected chi connectivity index (χ4v) is 1.64. The predicted molar refractivity (Wildman–Crippen MR) is 68.0 cm³/mol. The van der Waals surface area contributed by atoms with Crippen molar-refractivity contribution < 1.29 is 9.53 Å². The first-order valence-electron chi connectivity index (χ1n) is 5.82. The van der Waals surface area contributed by atoms with Crippen molar-refractivity contribution in [3.05, 3.63) is 29.8 Å². The molecule has 0 aliphatic rings. The number of benzene rings is 1. The number of carbonyl (C=O) groups is 1. The number of amides is 1. The number of rotatable bonds is 6. The van der Waals surface area contributed by atoms with Crippen LogP contribution in [-0.2, 0) is 11.2 Å². The molecule has 1 aromatic rings. The lowest BCUT2D eigenvalue weighted by Gasteiger charge is -2.19. The van der Waals surface area contributed by atoms with Gasteiger partial charge >= 0.3 is 0 Å². The van der Waals surface area contributed by atoms with E-state index in [0.717, 1.165) is 11.3 Å². The molecule has 0 aliphatic carbocycles. The van der Waals surface area contributed by atoms with E-state index in [1.54, 1.807) is 12.0 Å². The zero-order chi connectivity index (χ0) is 12.7. The van der Waals surface area contributed by atoms with E-state index >= 15 is 0 Å². The summed E-state index contributed by atoms with van der Waals surface area (Å²) in [6, 6.07) is 7.55. The second-order valence-electron chi connectivity index (χ2n) is 3.79. The molecule has 0 saturated carbocycles. The Kier molecular flexibility index (Phi) is 5.49. The average Bonchev–Trinajstić information content (AvgIpc) is 2.36. The van der Waals surface area contributed by atoms with E-state index in [2.05, 4.69) is 0 Å². The van der Waals surface area contributed by atoms with Crippen LogP contribution in [0.2, 0.25) is 0 Å². The minimum Gasteiger partial charge on any atom is -0.497 e. The van der Waals surface area contributed by atoms with Gasteiger partial charge in [0.2, 0.25) is 5.91 Å². The summed E-state index contributed by atoms with van der Waals surface area (Å²) >= 11 is 0. The molecule has 0 saturated heterocycles. The summed E-state index contributed by atoms with van der Waals surface area (Å²) in [6.07, 6.45) is 0.415. The van der Waals surface area contributed by atoms with Crippen LogP contribution in [0.1, 0.15) is 12.5 Å². The van der Waals surface area contributed by atoms with Crippen LogP contribution in [0.4, 0.5) is 0 Å². The van der Waals surface area contributed by atoms with Crippen LogP contribution in [0, 0.1) is 0 Å². The first-order valence-corrected chi connectivity index (χ1v) is 5.82. The van der Waals surface area contributed by atoms with Crippen molar-refractivity contribution in [1.82, 2.24) is 4.90 Å². The zero-order valence-electron chi connectivity index (χ0n) is 10.5. The molecule has 0 radical (unpaired) electrons. The van der Waals surface area contributed by atoms with E-state index in [-0.39, 0.29) is 5.91 Å². The maximum atomic E-state index is 11.9. The van der Waals surface area contributed by atoms with Crippen molar-refractivity contribution in [1.29, 1.82) is 0 Å². The van der Waals surface area contributed by atoms with Crippen molar-refractivity contribution in [2.75, 3.05) is 26.7 Å². The number of hydrogen-bond donors (Lipinski definition) is 1. The van der Waals surface area contributed by atoms with Gasteiger partial charge in [-0.2, -0.15) is 0 Å². The number of carbonyl (C=O) groups excluding carboxylic acids is 1. The number of hydrogen-bond acceptors (Lipinski definition) is 3. The molecule has 0 aliphatic heterocycles. The molecule has 94 valence electrons. The highest BCUT2D eigenvalue weighted by molar-refractivity contribution is 5.78. The van der Waals surface area contributed by atoms with Crippen molar-refractivity contribution in [3.8, 4) is 5.75 Å². The lowest BCUT2D eigenvalue weighted by Crippen LogP contribution is -2.36. The highest BCUT2D eigenvalue weighted by atomic mass is 16.5. The van der Waals surface area contributed by atoms with Gasteiger partial charge in [0.1, 0.15) is 5.75 Å². The van der Waals surface area contributed by atoms with E-state index < -0.39 is 0 Å². The van der Waals surface area contributed by atoms with Crippen LogP contribution in [0.15, 0.2) is 24.3 Å². The molecule has 1 aromatic carbocycles. The van der Waals surface area contributed by atoms with Crippen LogP contribution in [0.5, 0.6) is 5.75 Å². The third-order valence-corrected chi connectivity index (χ3v) is 2.65. The lowest BCUT2D eigenvalue weighted by atomic mass is 10.1. The third-order valence-electron chi connectivity index (χ3n) is 2.65. The minimum absolute atomic E-state index is 0.114. The van der Waals surface area contributed by atoms with Crippen molar-refractivity contribution in [3.63, 3.8) is 0 Å². The maximum Gasteiger partial charge on any atom is 0.227 e. The Balaban J connectivity index is 2.59. The lowest BCUT2D eigenvalue weighted by molar-refractivity contribution is -0.130. The third kappa shape index (κ3) is 4.07. The van der Waals surface area contributed by atoms with Crippen LogP contribution in [0.25, 0.3) is 0 Å². The van der Waals surface area contributed by atoms with Gasteiger partial charge in [0.25, 0.3) is 0 Å². The molecule has 0 bridgehead atoms. The molecule has 0 atom stereocenters. The van der Waals surface area contributed by atoms with Crippen molar-refractivity contribution in [2.45, 2.75) is 13.3 Å². The number of nitrogens with zero attached hydrogens (tertiary/aromatic N) is 1. The topological polar surface area (TPSA) is 55.6 Å². The van der Waals surface area contributed by atoms with Gasteiger partial charge in [0, 0.05) is 19.6 Å². The first kappa shape index (κ1) is 13.5. The van der Waals surface area contributed by atoms with Crippen molar-refractivity contribution >= 4 is 5.91 Å². The van der Waals surface area contributed by atoms with E-state index in [0.29, 0.717) is 26.1 Å². The molecule has 4 nitrogen and oxygen atoms in total. The zero-order valence-corrected chi connectivity index (χ0v) is 10.5. The smallest absolute Gasteiger partial charge is 0.227 e. The molecule has 4 heteroatoms. The van der Waals surface area contributed by atoms with E-state index in [1.807, 2.05) is 31.2 Å². The fraction of sp³-hybridized carbons (Fsp3) is 0.462. The molecule has 1 amide bonds. The average molecular weight is 236 g/mol. The van der Waals surface area contributed by atoms with Crippen LogP contribution in [0.3, 0.4) is 0 Å². The van der Waals surface area contributed by atoms with Crippen LogP contribution < -0.4 is 10.5 Å².